The summed E-state index contributed by atoms with van der Waals surface area (Å²) in [6.45, 7) is 1.88. The summed E-state index contributed by atoms with van der Waals surface area (Å²) in [6, 6.07) is 7.83. The molecule has 1 aromatic heterocycles. The summed E-state index contributed by atoms with van der Waals surface area (Å²) in [5.74, 6) is -0.0738. The molecule has 0 saturated carbocycles. The Bertz CT molecular complexity index is 649. The molecule has 6 heteroatoms. The van der Waals surface area contributed by atoms with Crippen LogP contribution >= 0.6 is 0 Å². The van der Waals surface area contributed by atoms with Crippen LogP contribution in [0, 0.1) is 0 Å². The fraction of sp³-hybridized carbons (Fsp3) is 0.357. The minimum absolute atomic E-state index is 0.0117. The highest BCUT2D eigenvalue weighted by Gasteiger charge is 2.20. The first-order chi connectivity index (χ1) is 9.74. The summed E-state index contributed by atoms with van der Waals surface area (Å²) in [5, 5.41) is 2.71. The SMILES string of the molecule is O=C1CN(C(=O)CCn2cnc3ccccc32)CCN1. The lowest BCUT2D eigenvalue weighted by molar-refractivity contribution is -0.138. The van der Waals surface area contributed by atoms with Crippen molar-refractivity contribution in [3.8, 4) is 0 Å². The monoisotopic (exact) mass is 272 g/mol. The van der Waals surface area contributed by atoms with Crippen LogP contribution in [0.25, 0.3) is 11.0 Å². The van der Waals surface area contributed by atoms with Crippen LogP contribution in [-0.4, -0.2) is 45.9 Å². The van der Waals surface area contributed by atoms with Crippen LogP contribution in [0.3, 0.4) is 0 Å². The highest BCUT2D eigenvalue weighted by atomic mass is 16.2. The highest BCUT2D eigenvalue weighted by Crippen LogP contribution is 2.12. The molecule has 1 N–H and O–H groups in total. The van der Waals surface area contributed by atoms with E-state index in [4.69, 9.17) is 0 Å². The topological polar surface area (TPSA) is 67.2 Å². The number of hydrogen-bond acceptors (Lipinski definition) is 3. The summed E-state index contributed by atoms with van der Waals surface area (Å²) in [4.78, 5) is 29.3. The summed E-state index contributed by atoms with van der Waals surface area (Å²) >= 11 is 0. The lowest BCUT2D eigenvalue weighted by Crippen LogP contribution is -2.50. The number of carbonyl (C=O) groups excluding carboxylic acids is 2. The number of fused-ring (bicyclic) bond motifs is 1. The number of carbonyl (C=O) groups is 2. The van der Waals surface area contributed by atoms with E-state index in [0.717, 1.165) is 11.0 Å². The second kappa shape index (κ2) is 5.32. The molecule has 0 atom stereocenters. The van der Waals surface area contributed by atoms with Gasteiger partial charge in [-0.1, -0.05) is 12.1 Å². The number of benzene rings is 1. The molecule has 20 heavy (non-hydrogen) atoms. The Kier molecular flexibility index (Phi) is 3.37. The number of para-hydroxylation sites is 2. The zero-order chi connectivity index (χ0) is 13.9. The average Bonchev–Trinajstić information content (AvgIpc) is 2.88. The summed E-state index contributed by atoms with van der Waals surface area (Å²) in [7, 11) is 0. The van der Waals surface area contributed by atoms with E-state index < -0.39 is 0 Å². The van der Waals surface area contributed by atoms with Crippen LogP contribution in [0.15, 0.2) is 30.6 Å². The summed E-state index contributed by atoms with van der Waals surface area (Å²) in [6.07, 6.45) is 2.13. The molecule has 0 unspecified atom stereocenters. The van der Waals surface area contributed by atoms with Gasteiger partial charge in [0.05, 0.1) is 23.9 Å². The molecule has 2 aromatic rings. The molecule has 1 saturated heterocycles. The van der Waals surface area contributed by atoms with Crippen molar-refractivity contribution in [3.63, 3.8) is 0 Å². The van der Waals surface area contributed by atoms with Gasteiger partial charge in [0.25, 0.3) is 0 Å². The molecule has 2 heterocycles. The predicted molar refractivity (Wildman–Crippen MR) is 73.9 cm³/mol. The van der Waals surface area contributed by atoms with Crippen LogP contribution in [0.4, 0.5) is 0 Å². The van der Waals surface area contributed by atoms with Crippen LogP contribution in [-0.2, 0) is 16.1 Å². The number of nitrogens with one attached hydrogen (secondary N) is 1. The third-order valence-electron chi connectivity index (χ3n) is 3.49. The van der Waals surface area contributed by atoms with E-state index in [1.165, 1.54) is 0 Å². The van der Waals surface area contributed by atoms with Crippen molar-refractivity contribution in [2.24, 2.45) is 0 Å². The zero-order valence-corrected chi connectivity index (χ0v) is 11.1. The van der Waals surface area contributed by atoms with Gasteiger partial charge in [-0.3, -0.25) is 9.59 Å². The van der Waals surface area contributed by atoms with Gasteiger partial charge in [-0.05, 0) is 12.1 Å². The summed E-state index contributed by atoms with van der Waals surface area (Å²) < 4.78 is 1.97. The number of hydrogen-bond donors (Lipinski definition) is 1. The summed E-state index contributed by atoms with van der Waals surface area (Å²) in [5.41, 5.74) is 1.95. The van der Waals surface area contributed by atoms with Crippen molar-refractivity contribution in [3.05, 3.63) is 30.6 Å². The van der Waals surface area contributed by atoms with Crippen molar-refractivity contribution in [2.45, 2.75) is 13.0 Å². The molecule has 0 radical (unpaired) electrons. The molecule has 0 bridgehead atoms. The Balaban J connectivity index is 1.64. The molecule has 6 nitrogen and oxygen atoms in total. The minimum atomic E-state index is -0.0855. The molecule has 3 rings (SSSR count). The zero-order valence-electron chi connectivity index (χ0n) is 11.1. The first kappa shape index (κ1) is 12.7. The molecule has 0 spiro atoms. The largest absolute Gasteiger partial charge is 0.353 e. The molecule has 104 valence electrons. The standard InChI is InChI=1S/C14H16N4O2/c19-13-9-17(8-6-15-13)14(20)5-7-18-10-16-11-3-1-2-4-12(11)18/h1-4,10H,5-9H2,(H,15,19). The Morgan fingerprint density at radius 1 is 1.35 bits per heavy atom. The minimum Gasteiger partial charge on any atom is -0.353 e. The maximum atomic E-state index is 12.1. The Labute approximate surface area is 116 Å². The maximum absolute atomic E-state index is 12.1. The van der Waals surface area contributed by atoms with E-state index in [1.807, 2.05) is 28.8 Å². The number of aromatic nitrogens is 2. The number of amides is 2. The number of aryl methyl sites for hydroxylation is 1. The number of rotatable bonds is 3. The third-order valence-corrected chi connectivity index (χ3v) is 3.49. The van der Waals surface area contributed by atoms with Crippen molar-refractivity contribution in [1.29, 1.82) is 0 Å². The lowest BCUT2D eigenvalue weighted by atomic mass is 10.3. The van der Waals surface area contributed by atoms with Crippen molar-refractivity contribution in [1.82, 2.24) is 19.8 Å². The Hall–Kier alpha value is -2.37. The smallest absolute Gasteiger partial charge is 0.239 e. The second-order valence-corrected chi connectivity index (χ2v) is 4.84. The van der Waals surface area contributed by atoms with E-state index in [2.05, 4.69) is 10.3 Å². The predicted octanol–water partition coefficient (Wildman–Crippen LogP) is 0.385. The molecule has 1 aliphatic rings. The van der Waals surface area contributed by atoms with E-state index in [9.17, 15) is 9.59 Å². The van der Waals surface area contributed by atoms with E-state index in [1.54, 1.807) is 11.2 Å². The van der Waals surface area contributed by atoms with Crippen LogP contribution in [0.5, 0.6) is 0 Å². The van der Waals surface area contributed by atoms with Gasteiger partial charge < -0.3 is 14.8 Å². The maximum Gasteiger partial charge on any atom is 0.239 e. The second-order valence-electron chi connectivity index (χ2n) is 4.84. The van der Waals surface area contributed by atoms with E-state index in [0.29, 0.717) is 26.1 Å². The molecule has 1 aromatic carbocycles. The molecular formula is C14H16N4O2. The fourth-order valence-electron chi connectivity index (χ4n) is 2.41. The average molecular weight is 272 g/mol. The first-order valence-corrected chi connectivity index (χ1v) is 6.68. The first-order valence-electron chi connectivity index (χ1n) is 6.68. The molecule has 0 aliphatic carbocycles. The Morgan fingerprint density at radius 2 is 2.20 bits per heavy atom. The van der Waals surface area contributed by atoms with Crippen molar-refractivity contribution < 1.29 is 9.59 Å². The number of imidazole rings is 1. The number of piperazine rings is 1. The molecule has 2 amide bonds. The quantitative estimate of drug-likeness (QED) is 0.878. The van der Waals surface area contributed by atoms with Crippen LogP contribution in [0.2, 0.25) is 0 Å². The van der Waals surface area contributed by atoms with Gasteiger partial charge in [-0.25, -0.2) is 4.98 Å². The van der Waals surface area contributed by atoms with Crippen molar-refractivity contribution in [2.75, 3.05) is 19.6 Å². The van der Waals surface area contributed by atoms with E-state index >= 15 is 0 Å². The highest BCUT2D eigenvalue weighted by molar-refractivity contribution is 5.86. The van der Waals surface area contributed by atoms with Gasteiger partial charge in [0, 0.05) is 26.1 Å². The molecule has 1 fully saturated rings. The van der Waals surface area contributed by atoms with Gasteiger partial charge in [-0.15, -0.1) is 0 Å². The fourth-order valence-corrected chi connectivity index (χ4v) is 2.41. The van der Waals surface area contributed by atoms with Gasteiger partial charge in [-0.2, -0.15) is 0 Å². The normalized spacial score (nSPS) is 15.4. The van der Waals surface area contributed by atoms with Gasteiger partial charge in [0.2, 0.25) is 11.8 Å². The van der Waals surface area contributed by atoms with Gasteiger partial charge >= 0.3 is 0 Å². The van der Waals surface area contributed by atoms with Crippen LogP contribution in [0.1, 0.15) is 6.42 Å². The Morgan fingerprint density at radius 3 is 3.05 bits per heavy atom. The third kappa shape index (κ3) is 2.49. The van der Waals surface area contributed by atoms with Crippen molar-refractivity contribution >= 4 is 22.8 Å². The molecule has 1 aliphatic heterocycles. The molecular weight excluding hydrogens is 256 g/mol. The van der Waals surface area contributed by atoms with Gasteiger partial charge in [0.1, 0.15) is 0 Å². The lowest BCUT2D eigenvalue weighted by Gasteiger charge is -2.26. The van der Waals surface area contributed by atoms with Gasteiger partial charge in [0.15, 0.2) is 0 Å². The van der Waals surface area contributed by atoms with Crippen LogP contribution < -0.4 is 5.32 Å². The van der Waals surface area contributed by atoms with E-state index in [-0.39, 0.29) is 18.4 Å². The number of nitrogens with zero attached hydrogens (tertiary/aromatic N) is 3.